The van der Waals surface area contributed by atoms with Gasteiger partial charge in [0.2, 0.25) is 11.8 Å². The summed E-state index contributed by atoms with van der Waals surface area (Å²) in [5.41, 5.74) is 0.316. The number of nitrogens with zero attached hydrogens (tertiary/aromatic N) is 2. The lowest BCUT2D eigenvalue weighted by atomic mass is 9.91. The molecule has 0 aromatic rings. The fraction of sp³-hybridized carbons (Fsp3) is 0.900. The van der Waals surface area contributed by atoms with Gasteiger partial charge in [-0.15, -0.1) is 12.4 Å². The lowest BCUT2D eigenvalue weighted by Crippen LogP contribution is -2.51. The smallest absolute Gasteiger partial charge is 0.226 e. The highest BCUT2D eigenvalue weighted by Crippen LogP contribution is 2.59. The number of rotatable bonds is 4. The summed E-state index contributed by atoms with van der Waals surface area (Å²) in [6.45, 7) is 5.06. The molecule has 6 heteroatoms. The van der Waals surface area contributed by atoms with E-state index in [0.29, 0.717) is 23.7 Å². The van der Waals surface area contributed by atoms with Crippen LogP contribution in [0.1, 0.15) is 57.8 Å². The number of halogens is 1. The third-order valence-corrected chi connectivity index (χ3v) is 7.27. The fourth-order valence-electron chi connectivity index (χ4n) is 5.36. The van der Waals surface area contributed by atoms with Crippen molar-refractivity contribution in [2.45, 2.75) is 57.8 Å². The summed E-state index contributed by atoms with van der Waals surface area (Å²) in [5, 5.41) is 3.40. The standard InChI is InChI=1S/C20H33N3O2.ClH/c24-18(6-5-16-3-1-2-4-16)22-11-13-23(14-12-22)19(25)17-15-20(17)7-9-21-10-8-20;/h16-17,21H,1-15H2;1H. The molecule has 1 N–H and O–H groups in total. The molecule has 4 aliphatic rings. The number of carbonyl (C=O) groups excluding carboxylic acids is 2. The van der Waals surface area contributed by atoms with E-state index in [0.717, 1.165) is 70.9 Å². The molecule has 2 aliphatic heterocycles. The minimum absolute atomic E-state index is 0. The van der Waals surface area contributed by atoms with Crippen molar-refractivity contribution in [2.75, 3.05) is 39.3 Å². The highest BCUT2D eigenvalue weighted by Gasteiger charge is 2.58. The van der Waals surface area contributed by atoms with Gasteiger partial charge in [0.05, 0.1) is 0 Å². The first kappa shape index (κ1) is 19.9. The van der Waals surface area contributed by atoms with Crippen LogP contribution in [-0.2, 0) is 9.59 Å². The average molecular weight is 384 g/mol. The molecule has 4 fully saturated rings. The molecule has 26 heavy (non-hydrogen) atoms. The highest BCUT2D eigenvalue weighted by molar-refractivity contribution is 5.85. The Morgan fingerprint density at radius 1 is 0.962 bits per heavy atom. The van der Waals surface area contributed by atoms with Crippen molar-refractivity contribution in [3.8, 4) is 0 Å². The van der Waals surface area contributed by atoms with Crippen molar-refractivity contribution in [3.63, 3.8) is 0 Å². The van der Waals surface area contributed by atoms with Crippen LogP contribution in [0.4, 0.5) is 0 Å². The molecule has 1 spiro atoms. The monoisotopic (exact) mass is 383 g/mol. The zero-order chi connectivity index (χ0) is 17.3. The topological polar surface area (TPSA) is 52.7 Å². The Labute approximate surface area is 163 Å². The summed E-state index contributed by atoms with van der Waals surface area (Å²) in [4.78, 5) is 29.3. The van der Waals surface area contributed by atoms with Crippen molar-refractivity contribution >= 4 is 24.2 Å². The van der Waals surface area contributed by atoms with Crippen LogP contribution in [0.2, 0.25) is 0 Å². The van der Waals surface area contributed by atoms with Gasteiger partial charge < -0.3 is 15.1 Å². The van der Waals surface area contributed by atoms with Crippen molar-refractivity contribution in [1.82, 2.24) is 15.1 Å². The second-order valence-corrected chi connectivity index (χ2v) is 8.76. The van der Waals surface area contributed by atoms with Crippen LogP contribution in [0.3, 0.4) is 0 Å². The van der Waals surface area contributed by atoms with Gasteiger partial charge in [-0.05, 0) is 50.1 Å². The first-order valence-electron chi connectivity index (χ1n) is 10.5. The quantitative estimate of drug-likeness (QED) is 0.811. The highest BCUT2D eigenvalue weighted by atomic mass is 35.5. The van der Waals surface area contributed by atoms with Gasteiger partial charge in [0.25, 0.3) is 0 Å². The maximum absolute atomic E-state index is 12.8. The number of piperazine rings is 1. The first-order valence-corrected chi connectivity index (χ1v) is 10.5. The summed E-state index contributed by atoms with van der Waals surface area (Å²) in [5.74, 6) is 1.71. The number of carbonyl (C=O) groups is 2. The molecule has 5 nitrogen and oxygen atoms in total. The molecule has 0 aromatic carbocycles. The Morgan fingerprint density at radius 3 is 2.23 bits per heavy atom. The van der Waals surface area contributed by atoms with Crippen LogP contribution >= 0.6 is 12.4 Å². The van der Waals surface area contributed by atoms with Gasteiger partial charge in [-0.25, -0.2) is 0 Å². The summed E-state index contributed by atoms with van der Waals surface area (Å²) >= 11 is 0. The zero-order valence-electron chi connectivity index (χ0n) is 15.9. The van der Waals surface area contributed by atoms with E-state index < -0.39 is 0 Å². The number of nitrogens with one attached hydrogen (secondary N) is 1. The second-order valence-electron chi connectivity index (χ2n) is 8.76. The predicted octanol–water partition coefficient (Wildman–Crippen LogP) is 2.44. The van der Waals surface area contributed by atoms with E-state index in [1.165, 1.54) is 25.7 Å². The summed E-state index contributed by atoms with van der Waals surface area (Å²) in [7, 11) is 0. The molecule has 0 radical (unpaired) electrons. The summed E-state index contributed by atoms with van der Waals surface area (Å²) < 4.78 is 0. The molecule has 4 rings (SSSR count). The van der Waals surface area contributed by atoms with Crippen molar-refractivity contribution < 1.29 is 9.59 Å². The zero-order valence-corrected chi connectivity index (χ0v) is 16.7. The molecule has 148 valence electrons. The minimum atomic E-state index is 0. The third kappa shape index (κ3) is 4.19. The molecule has 1 unspecified atom stereocenters. The molecule has 2 aliphatic carbocycles. The van der Waals surface area contributed by atoms with Gasteiger partial charge in [-0.3, -0.25) is 9.59 Å². The number of hydrogen-bond donors (Lipinski definition) is 1. The first-order chi connectivity index (χ1) is 12.2. The molecule has 2 heterocycles. The third-order valence-electron chi connectivity index (χ3n) is 7.27. The van der Waals surface area contributed by atoms with Crippen LogP contribution in [0.5, 0.6) is 0 Å². The van der Waals surface area contributed by atoms with Crippen LogP contribution in [0.15, 0.2) is 0 Å². The Hall–Kier alpha value is -0.810. The van der Waals surface area contributed by atoms with Crippen LogP contribution in [0, 0.1) is 17.3 Å². The number of amides is 2. The Kier molecular flexibility index (Phi) is 6.50. The molecule has 0 aromatic heterocycles. The van der Waals surface area contributed by atoms with Crippen LogP contribution in [-0.4, -0.2) is 60.9 Å². The largest absolute Gasteiger partial charge is 0.339 e. The van der Waals surface area contributed by atoms with E-state index in [1.807, 2.05) is 9.80 Å². The summed E-state index contributed by atoms with van der Waals surface area (Å²) in [6, 6.07) is 0. The van der Waals surface area contributed by atoms with Gasteiger partial charge in [0.1, 0.15) is 0 Å². The number of hydrogen-bond acceptors (Lipinski definition) is 3. The van der Waals surface area contributed by atoms with Gasteiger partial charge >= 0.3 is 0 Å². The van der Waals surface area contributed by atoms with Gasteiger partial charge in [0.15, 0.2) is 0 Å². The Morgan fingerprint density at radius 2 is 1.58 bits per heavy atom. The van der Waals surface area contributed by atoms with E-state index >= 15 is 0 Å². The van der Waals surface area contributed by atoms with E-state index in [-0.39, 0.29) is 18.3 Å². The molecule has 0 bridgehead atoms. The molecular formula is C20H34ClN3O2. The van der Waals surface area contributed by atoms with E-state index in [9.17, 15) is 9.59 Å². The van der Waals surface area contributed by atoms with Gasteiger partial charge in [-0.1, -0.05) is 25.7 Å². The SMILES string of the molecule is Cl.O=C(CCC1CCCC1)N1CCN(C(=O)C2CC23CCNCC3)CC1. The van der Waals surface area contributed by atoms with E-state index in [2.05, 4.69) is 5.32 Å². The lowest BCUT2D eigenvalue weighted by molar-refractivity contribution is -0.141. The van der Waals surface area contributed by atoms with Crippen molar-refractivity contribution in [3.05, 3.63) is 0 Å². The second kappa shape index (κ2) is 8.47. The minimum Gasteiger partial charge on any atom is -0.339 e. The van der Waals surface area contributed by atoms with Gasteiger partial charge in [0, 0.05) is 38.5 Å². The molecule has 2 saturated heterocycles. The van der Waals surface area contributed by atoms with E-state index in [1.54, 1.807) is 0 Å². The number of piperidine rings is 1. The van der Waals surface area contributed by atoms with E-state index in [4.69, 9.17) is 0 Å². The van der Waals surface area contributed by atoms with Crippen LogP contribution in [0.25, 0.3) is 0 Å². The molecule has 2 saturated carbocycles. The maximum Gasteiger partial charge on any atom is 0.226 e. The molecule has 1 atom stereocenters. The lowest BCUT2D eigenvalue weighted by Gasteiger charge is -2.36. The predicted molar refractivity (Wildman–Crippen MR) is 104 cm³/mol. The summed E-state index contributed by atoms with van der Waals surface area (Å²) in [6.07, 6.45) is 10.5. The Balaban J connectivity index is 0.00000196. The van der Waals surface area contributed by atoms with Crippen molar-refractivity contribution in [2.24, 2.45) is 17.3 Å². The van der Waals surface area contributed by atoms with Gasteiger partial charge in [-0.2, -0.15) is 0 Å². The normalized spacial score (nSPS) is 28.1. The Bertz CT molecular complexity index is 507. The van der Waals surface area contributed by atoms with Crippen molar-refractivity contribution in [1.29, 1.82) is 0 Å². The van der Waals surface area contributed by atoms with Crippen LogP contribution < -0.4 is 5.32 Å². The fourth-order valence-corrected chi connectivity index (χ4v) is 5.36. The average Bonchev–Trinajstić information content (AvgIpc) is 3.08. The molecular weight excluding hydrogens is 350 g/mol. The maximum atomic E-state index is 12.8. The molecule has 2 amide bonds.